The lowest BCUT2D eigenvalue weighted by atomic mass is 10.2. The van der Waals surface area contributed by atoms with Crippen LogP contribution < -0.4 is 5.32 Å². The Balaban J connectivity index is 2.04. The molecule has 0 fully saturated rings. The molecule has 0 unspecified atom stereocenters. The van der Waals surface area contributed by atoms with Crippen LogP contribution in [0, 0.1) is 0 Å². The second-order valence-corrected chi connectivity index (χ2v) is 4.67. The summed E-state index contributed by atoms with van der Waals surface area (Å²) in [6, 6.07) is 7.71. The SMILES string of the molecule is OCCCCCNc1ccnc2cc(Cl)ccc12. The maximum absolute atomic E-state index is 8.71. The van der Waals surface area contributed by atoms with Crippen LogP contribution in [0.25, 0.3) is 10.9 Å². The zero-order valence-electron chi connectivity index (χ0n) is 10.2. The second-order valence-electron chi connectivity index (χ2n) is 4.23. The summed E-state index contributed by atoms with van der Waals surface area (Å²) in [5.41, 5.74) is 1.99. The lowest BCUT2D eigenvalue weighted by Gasteiger charge is -2.09. The Bertz CT molecular complexity index is 516. The number of aliphatic hydroxyl groups excluding tert-OH is 1. The Morgan fingerprint density at radius 1 is 1.17 bits per heavy atom. The number of rotatable bonds is 6. The minimum atomic E-state index is 0.274. The first-order valence-electron chi connectivity index (χ1n) is 6.20. The number of hydrogen-bond donors (Lipinski definition) is 2. The Kier molecular flexibility index (Phi) is 4.79. The smallest absolute Gasteiger partial charge is 0.0737 e. The average molecular weight is 265 g/mol. The zero-order valence-corrected chi connectivity index (χ0v) is 11.0. The van der Waals surface area contributed by atoms with Crippen molar-refractivity contribution < 1.29 is 5.11 Å². The van der Waals surface area contributed by atoms with E-state index in [1.807, 2.05) is 24.3 Å². The molecule has 1 aromatic carbocycles. The predicted octanol–water partition coefficient (Wildman–Crippen LogP) is 3.46. The molecule has 0 aliphatic heterocycles. The van der Waals surface area contributed by atoms with Crippen molar-refractivity contribution in [2.24, 2.45) is 0 Å². The van der Waals surface area contributed by atoms with E-state index in [1.54, 1.807) is 6.20 Å². The molecule has 0 saturated carbocycles. The summed E-state index contributed by atoms with van der Waals surface area (Å²) in [7, 11) is 0. The highest BCUT2D eigenvalue weighted by Crippen LogP contribution is 2.24. The van der Waals surface area contributed by atoms with E-state index < -0.39 is 0 Å². The van der Waals surface area contributed by atoms with Gasteiger partial charge in [0, 0.05) is 35.4 Å². The molecular formula is C14H17ClN2O. The number of hydrogen-bond acceptors (Lipinski definition) is 3. The third-order valence-electron chi connectivity index (χ3n) is 2.86. The molecule has 0 bridgehead atoms. The molecule has 0 radical (unpaired) electrons. The predicted molar refractivity (Wildman–Crippen MR) is 76.2 cm³/mol. The minimum Gasteiger partial charge on any atom is -0.396 e. The second kappa shape index (κ2) is 6.57. The van der Waals surface area contributed by atoms with Crippen molar-refractivity contribution in [2.75, 3.05) is 18.5 Å². The fraction of sp³-hybridized carbons (Fsp3) is 0.357. The topological polar surface area (TPSA) is 45.1 Å². The highest BCUT2D eigenvalue weighted by molar-refractivity contribution is 6.31. The number of aromatic nitrogens is 1. The van der Waals surface area contributed by atoms with Gasteiger partial charge in [-0.25, -0.2) is 0 Å². The van der Waals surface area contributed by atoms with Crippen LogP contribution in [0.2, 0.25) is 5.02 Å². The molecule has 0 aliphatic carbocycles. The van der Waals surface area contributed by atoms with E-state index in [0.717, 1.165) is 42.4 Å². The van der Waals surface area contributed by atoms with Gasteiger partial charge in [-0.1, -0.05) is 11.6 Å². The van der Waals surface area contributed by atoms with Crippen LogP contribution in [-0.2, 0) is 0 Å². The molecule has 0 aliphatic rings. The van der Waals surface area contributed by atoms with Gasteiger partial charge in [0.15, 0.2) is 0 Å². The summed E-state index contributed by atoms with van der Waals surface area (Å²) in [6.45, 7) is 1.18. The number of pyridine rings is 1. The molecule has 2 N–H and O–H groups in total. The van der Waals surface area contributed by atoms with Gasteiger partial charge in [0.1, 0.15) is 0 Å². The Morgan fingerprint density at radius 2 is 2.06 bits per heavy atom. The first-order chi connectivity index (χ1) is 8.81. The monoisotopic (exact) mass is 264 g/mol. The standard InChI is InChI=1S/C14H17ClN2O/c15-11-4-5-12-13(6-8-17-14(12)10-11)16-7-2-1-3-9-18/h4-6,8,10,18H,1-3,7,9H2,(H,16,17). The number of benzene rings is 1. The fourth-order valence-electron chi connectivity index (χ4n) is 1.91. The lowest BCUT2D eigenvalue weighted by molar-refractivity contribution is 0.283. The van der Waals surface area contributed by atoms with E-state index in [2.05, 4.69) is 10.3 Å². The van der Waals surface area contributed by atoms with Crippen LogP contribution in [-0.4, -0.2) is 23.2 Å². The Labute approximate surface area is 112 Å². The molecule has 4 heteroatoms. The molecule has 1 aromatic heterocycles. The molecule has 2 aromatic rings. The van der Waals surface area contributed by atoms with Crippen molar-refractivity contribution in [3.8, 4) is 0 Å². The van der Waals surface area contributed by atoms with Crippen molar-refractivity contribution in [3.63, 3.8) is 0 Å². The number of aliphatic hydroxyl groups is 1. The van der Waals surface area contributed by atoms with Gasteiger partial charge in [-0.3, -0.25) is 4.98 Å². The van der Waals surface area contributed by atoms with E-state index in [0.29, 0.717) is 5.02 Å². The first kappa shape index (κ1) is 13.1. The van der Waals surface area contributed by atoms with Crippen LogP contribution in [0.1, 0.15) is 19.3 Å². The number of nitrogens with zero attached hydrogens (tertiary/aromatic N) is 1. The summed E-state index contributed by atoms with van der Waals surface area (Å²) in [5, 5.41) is 13.9. The molecular weight excluding hydrogens is 248 g/mol. The highest BCUT2D eigenvalue weighted by atomic mass is 35.5. The van der Waals surface area contributed by atoms with Crippen molar-refractivity contribution in [2.45, 2.75) is 19.3 Å². The highest BCUT2D eigenvalue weighted by Gasteiger charge is 2.01. The fourth-order valence-corrected chi connectivity index (χ4v) is 2.08. The third kappa shape index (κ3) is 3.34. The van der Waals surface area contributed by atoms with Crippen molar-refractivity contribution in [1.29, 1.82) is 0 Å². The van der Waals surface area contributed by atoms with Gasteiger partial charge in [-0.05, 0) is 43.5 Å². The molecule has 3 nitrogen and oxygen atoms in total. The van der Waals surface area contributed by atoms with Crippen LogP contribution in [0.5, 0.6) is 0 Å². The van der Waals surface area contributed by atoms with Crippen LogP contribution in [0.3, 0.4) is 0 Å². The average Bonchev–Trinajstić information content (AvgIpc) is 2.38. The molecule has 2 rings (SSSR count). The van der Waals surface area contributed by atoms with Gasteiger partial charge in [0.2, 0.25) is 0 Å². The number of nitrogens with one attached hydrogen (secondary N) is 1. The maximum atomic E-state index is 8.71. The van der Waals surface area contributed by atoms with E-state index in [9.17, 15) is 0 Å². The number of fused-ring (bicyclic) bond motifs is 1. The van der Waals surface area contributed by atoms with Gasteiger partial charge >= 0.3 is 0 Å². The molecule has 18 heavy (non-hydrogen) atoms. The first-order valence-corrected chi connectivity index (χ1v) is 6.58. The van der Waals surface area contributed by atoms with Crippen molar-refractivity contribution >= 4 is 28.2 Å². The molecule has 1 heterocycles. The summed E-state index contributed by atoms with van der Waals surface area (Å²) in [5.74, 6) is 0. The van der Waals surface area contributed by atoms with Gasteiger partial charge in [-0.2, -0.15) is 0 Å². The third-order valence-corrected chi connectivity index (χ3v) is 3.09. The van der Waals surface area contributed by atoms with E-state index in [-0.39, 0.29) is 6.61 Å². The summed E-state index contributed by atoms with van der Waals surface area (Å²) < 4.78 is 0. The summed E-state index contributed by atoms with van der Waals surface area (Å²) >= 11 is 5.95. The lowest BCUT2D eigenvalue weighted by Crippen LogP contribution is -2.02. The largest absolute Gasteiger partial charge is 0.396 e. The number of unbranched alkanes of at least 4 members (excludes halogenated alkanes) is 2. The maximum Gasteiger partial charge on any atom is 0.0737 e. The molecule has 96 valence electrons. The Morgan fingerprint density at radius 3 is 2.89 bits per heavy atom. The van der Waals surface area contributed by atoms with Crippen LogP contribution in [0.15, 0.2) is 30.5 Å². The molecule has 0 saturated heterocycles. The zero-order chi connectivity index (χ0) is 12.8. The van der Waals surface area contributed by atoms with Crippen molar-refractivity contribution in [3.05, 3.63) is 35.5 Å². The van der Waals surface area contributed by atoms with Gasteiger partial charge < -0.3 is 10.4 Å². The van der Waals surface area contributed by atoms with E-state index >= 15 is 0 Å². The molecule has 0 amide bonds. The Hall–Kier alpha value is -1.32. The van der Waals surface area contributed by atoms with Crippen LogP contribution in [0.4, 0.5) is 5.69 Å². The van der Waals surface area contributed by atoms with Gasteiger partial charge in [-0.15, -0.1) is 0 Å². The minimum absolute atomic E-state index is 0.274. The molecule has 0 atom stereocenters. The quantitative estimate of drug-likeness (QED) is 0.786. The normalized spacial score (nSPS) is 10.8. The summed E-state index contributed by atoms with van der Waals surface area (Å²) in [4.78, 5) is 4.30. The van der Waals surface area contributed by atoms with Gasteiger partial charge in [0.25, 0.3) is 0 Å². The number of anilines is 1. The van der Waals surface area contributed by atoms with Gasteiger partial charge in [0.05, 0.1) is 5.52 Å². The van der Waals surface area contributed by atoms with E-state index in [4.69, 9.17) is 16.7 Å². The molecule has 0 spiro atoms. The van der Waals surface area contributed by atoms with E-state index in [1.165, 1.54) is 0 Å². The summed E-state index contributed by atoms with van der Waals surface area (Å²) in [6.07, 6.45) is 4.75. The van der Waals surface area contributed by atoms with Crippen molar-refractivity contribution in [1.82, 2.24) is 4.98 Å². The van der Waals surface area contributed by atoms with Crippen LogP contribution >= 0.6 is 11.6 Å². The number of halogens is 1.